The second-order valence-electron chi connectivity index (χ2n) is 4.88. The zero-order valence-electron chi connectivity index (χ0n) is 11.1. The molecule has 0 aliphatic carbocycles. The van der Waals surface area contributed by atoms with E-state index in [0.29, 0.717) is 17.5 Å². The zero-order chi connectivity index (χ0) is 14.9. The molecule has 1 unspecified atom stereocenters. The van der Waals surface area contributed by atoms with E-state index in [0.717, 1.165) is 0 Å². The van der Waals surface area contributed by atoms with E-state index in [9.17, 15) is 23.4 Å². The highest BCUT2D eigenvalue weighted by Gasteiger charge is 2.35. The number of sulfonamides is 1. The van der Waals surface area contributed by atoms with Gasteiger partial charge in [-0.15, -0.1) is 0 Å². The second kappa shape index (κ2) is 5.41. The lowest BCUT2D eigenvalue weighted by Gasteiger charge is -2.32. The molecule has 0 bridgehead atoms. The number of carboxylic acid groups (broad SMARTS) is 1. The fourth-order valence-electron chi connectivity index (χ4n) is 2.42. The molecule has 6 nitrogen and oxygen atoms in total. The summed E-state index contributed by atoms with van der Waals surface area (Å²) in [6.45, 7) is 1.83. The second-order valence-corrected chi connectivity index (χ2v) is 6.97. The summed E-state index contributed by atoms with van der Waals surface area (Å²) in [6, 6.07) is 4.42. The van der Waals surface area contributed by atoms with Gasteiger partial charge in [-0.2, -0.15) is 4.31 Å². The Morgan fingerprint density at radius 2 is 2.15 bits per heavy atom. The molecule has 1 aliphatic heterocycles. The molecule has 0 saturated carbocycles. The zero-order valence-corrected chi connectivity index (χ0v) is 11.9. The average molecular weight is 299 g/mol. The monoisotopic (exact) mass is 299 g/mol. The Labute approximate surface area is 117 Å². The third-order valence-corrected chi connectivity index (χ3v) is 5.38. The molecule has 110 valence electrons. The molecule has 1 heterocycles. The van der Waals surface area contributed by atoms with Crippen LogP contribution >= 0.6 is 0 Å². The van der Waals surface area contributed by atoms with Crippen molar-refractivity contribution in [1.29, 1.82) is 0 Å². The van der Waals surface area contributed by atoms with Crippen molar-refractivity contribution >= 4 is 16.0 Å². The number of nitrogens with zero attached hydrogens (tertiary/aromatic N) is 1. The first-order valence-electron chi connectivity index (χ1n) is 6.37. The Morgan fingerprint density at radius 1 is 1.45 bits per heavy atom. The molecule has 1 aliphatic rings. The van der Waals surface area contributed by atoms with Gasteiger partial charge in [0, 0.05) is 13.1 Å². The molecular weight excluding hydrogens is 282 g/mol. The summed E-state index contributed by atoms with van der Waals surface area (Å²) in [4.78, 5) is 11.4. The summed E-state index contributed by atoms with van der Waals surface area (Å²) < 4.78 is 25.4. The van der Waals surface area contributed by atoms with Crippen molar-refractivity contribution in [2.75, 3.05) is 12.3 Å². The van der Waals surface area contributed by atoms with Crippen LogP contribution in [0.5, 0.6) is 5.75 Å². The number of fused-ring (bicyclic) bond motifs is 1. The van der Waals surface area contributed by atoms with Gasteiger partial charge < -0.3 is 10.2 Å². The standard InChI is InChI=1S/C13H17NO5S/c1-2-5-20(18,19)14-7-9-3-4-10(15)6-11(9)12(8-14)13(16)17/h3-4,6,12,15H,2,5,7-8H2,1H3,(H,16,17). The van der Waals surface area contributed by atoms with Crippen LogP contribution in [0.1, 0.15) is 30.4 Å². The summed E-state index contributed by atoms with van der Waals surface area (Å²) in [5.41, 5.74) is 1.11. The van der Waals surface area contributed by atoms with Crippen molar-refractivity contribution in [3.8, 4) is 5.75 Å². The number of hydrogen-bond donors (Lipinski definition) is 2. The lowest BCUT2D eigenvalue weighted by atomic mass is 9.91. The fraction of sp³-hybridized carbons (Fsp3) is 0.462. The molecule has 0 fully saturated rings. The third kappa shape index (κ3) is 2.78. The first-order chi connectivity index (χ1) is 9.35. The van der Waals surface area contributed by atoms with Crippen molar-refractivity contribution in [3.63, 3.8) is 0 Å². The van der Waals surface area contributed by atoms with Crippen LogP contribution in [0.15, 0.2) is 18.2 Å². The molecule has 7 heteroatoms. The van der Waals surface area contributed by atoms with Gasteiger partial charge in [0.15, 0.2) is 0 Å². The van der Waals surface area contributed by atoms with Gasteiger partial charge in [0.1, 0.15) is 5.75 Å². The maximum Gasteiger partial charge on any atom is 0.312 e. The van der Waals surface area contributed by atoms with Gasteiger partial charge in [0.05, 0.1) is 11.7 Å². The predicted octanol–water partition coefficient (Wildman–Crippen LogP) is 1.12. The van der Waals surface area contributed by atoms with Crippen molar-refractivity contribution in [2.24, 2.45) is 0 Å². The minimum Gasteiger partial charge on any atom is -0.508 e. The van der Waals surface area contributed by atoms with Gasteiger partial charge in [0.2, 0.25) is 10.0 Å². The maximum atomic E-state index is 12.1. The van der Waals surface area contributed by atoms with Gasteiger partial charge in [-0.05, 0) is 29.7 Å². The predicted molar refractivity (Wildman–Crippen MR) is 73.0 cm³/mol. The van der Waals surface area contributed by atoms with E-state index in [1.165, 1.54) is 16.4 Å². The van der Waals surface area contributed by atoms with Crippen LogP contribution in [0, 0.1) is 0 Å². The van der Waals surface area contributed by atoms with Crippen LogP contribution < -0.4 is 0 Å². The highest BCUT2D eigenvalue weighted by molar-refractivity contribution is 7.89. The quantitative estimate of drug-likeness (QED) is 0.868. The Bertz CT molecular complexity index is 626. The molecule has 1 aromatic rings. The van der Waals surface area contributed by atoms with Gasteiger partial charge in [-0.25, -0.2) is 8.42 Å². The molecule has 0 spiro atoms. The SMILES string of the molecule is CCCS(=O)(=O)N1Cc2ccc(O)cc2C(C(=O)O)C1. The number of aromatic hydroxyl groups is 1. The van der Waals surface area contributed by atoms with E-state index in [1.807, 2.05) is 0 Å². The normalized spacial score (nSPS) is 19.6. The Morgan fingerprint density at radius 3 is 2.75 bits per heavy atom. The first kappa shape index (κ1) is 14.8. The molecule has 2 N–H and O–H groups in total. The minimum atomic E-state index is -3.45. The number of benzene rings is 1. The smallest absolute Gasteiger partial charge is 0.312 e. The Balaban J connectivity index is 2.42. The Hall–Kier alpha value is -1.60. The van der Waals surface area contributed by atoms with Crippen molar-refractivity contribution in [2.45, 2.75) is 25.8 Å². The molecule has 0 amide bonds. The van der Waals surface area contributed by atoms with Gasteiger partial charge >= 0.3 is 5.97 Å². The van der Waals surface area contributed by atoms with Gasteiger partial charge in [-0.1, -0.05) is 13.0 Å². The number of carboxylic acids is 1. The van der Waals surface area contributed by atoms with Crippen LogP contribution in [-0.4, -0.2) is 41.2 Å². The number of phenols is 1. The summed E-state index contributed by atoms with van der Waals surface area (Å²) >= 11 is 0. The summed E-state index contributed by atoms with van der Waals surface area (Å²) in [5, 5.41) is 18.8. The van der Waals surface area contributed by atoms with E-state index < -0.39 is 21.9 Å². The average Bonchev–Trinajstić information content (AvgIpc) is 2.37. The molecule has 0 radical (unpaired) electrons. The van der Waals surface area contributed by atoms with E-state index in [4.69, 9.17) is 0 Å². The highest BCUT2D eigenvalue weighted by atomic mass is 32.2. The highest BCUT2D eigenvalue weighted by Crippen LogP contribution is 2.32. The van der Waals surface area contributed by atoms with E-state index in [1.54, 1.807) is 13.0 Å². The number of rotatable bonds is 4. The maximum absolute atomic E-state index is 12.1. The largest absolute Gasteiger partial charge is 0.508 e. The number of phenolic OH excluding ortho intramolecular Hbond substituents is 1. The molecule has 0 saturated heterocycles. The third-order valence-electron chi connectivity index (χ3n) is 3.39. The first-order valence-corrected chi connectivity index (χ1v) is 7.98. The summed E-state index contributed by atoms with van der Waals surface area (Å²) in [5.74, 6) is -2.04. The molecule has 1 aromatic carbocycles. The molecule has 1 atom stereocenters. The molecular formula is C13H17NO5S. The lowest BCUT2D eigenvalue weighted by Crippen LogP contribution is -2.41. The molecule has 20 heavy (non-hydrogen) atoms. The summed E-state index contributed by atoms with van der Waals surface area (Å²) in [7, 11) is -3.45. The van der Waals surface area contributed by atoms with E-state index in [-0.39, 0.29) is 24.6 Å². The molecule has 2 rings (SSSR count). The van der Waals surface area contributed by atoms with E-state index in [2.05, 4.69) is 0 Å². The van der Waals surface area contributed by atoms with Crippen LogP contribution in [0.4, 0.5) is 0 Å². The lowest BCUT2D eigenvalue weighted by molar-refractivity contribution is -0.139. The van der Waals surface area contributed by atoms with Crippen LogP contribution in [0.3, 0.4) is 0 Å². The number of carbonyl (C=O) groups is 1. The van der Waals surface area contributed by atoms with Crippen LogP contribution in [-0.2, 0) is 21.4 Å². The van der Waals surface area contributed by atoms with Crippen LogP contribution in [0.2, 0.25) is 0 Å². The van der Waals surface area contributed by atoms with Crippen molar-refractivity contribution in [3.05, 3.63) is 29.3 Å². The Kier molecular flexibility index (Phi) is 4.01. The fourth-order valence-corrected chi connectivity index (χ4v) is 3.90. The molecule has 0 aromatic heterocycles. The van der Waals surface area contributed by atoms with Gasteiger partial charge in [0.25, 0.3) is 0 Å². The minimum absolute atomic E-state index is 0.00670. The van der Waals surface area contributed by atoms with Crippen molar-refractivity contribution < 1.29 is 23.4 Å². The van der Waals surface area contributed by atoms with E-state index >= 15 is 0 Å². The summed E-state index contributed by atoms with van der Waals surface area (Å²) in [6.07, 6.45) is 0.485. The van der Waals surface area contributed by atoms with Crippen molar-refractivity contribution in [1.82, 2.24) is 4.31 Å². The topological polar surface area (TPSA) is 94.9 Å². The van der Waals surface area contributed by atoms with Crippen LogP contribution in [0.25, 0.3) is 0 Å². The van der Waals surface area contributed by atoms with Gasteiger partial charge in [-0.3, -0.25) is 4.79 Å². The number of hydrogen-bond acceptors (Lipinski definition) is 4. The number of aliphatic carboxylic acids is 1.